The zero-order chi connectivity index (χ0) is 30.3. The van der Waals surface area contributed by atoms with Crippen LogP contribution in [0.15, 0.2) is 40.3 Å². The molecular weight excluding hydrogens is 522 g/mol. The summed E-state index contributed by atoms with van der Waals surface area (Å²) in [4.78, 5) is 61.5. The van der Waals surface area contributed by atoms with Crippen molar-refractivity contribution in [2.24, 2.45) is 10.9 Å². The van der Waals surface area contributed by atoms with Crippen LogP contribution < -0.4 is 10.9 Å². The van der Waals surface area contributed by atoms with Gasteiger partial charge < -0.3 is 19.5 Å². The van der Waals surface area contributed by atoms with Crippen LogP contribution in [-0.2, 0) is 40.1 Å². The highest BCUT2D eigenvalue weighted by atomic mass is 16.5. The van der Waals surface area contributed by atoms with Crippen molar-refractivity contribution in [3.8, 4) is 0 Å². The maximum Gasteiger partial charge on any atom is 0.407 e. The third kappa shape index (κ3) is 8.22. The van der Waals surface area contributed by atoms with Crippen molar-refractivity contribution in [3.63, 3.8) is 0 Å². The molecule has 2 aromatic rings. The summed E-state index contributed by atoms with van der Waals surface area (Å²) in [5, 5.41) is 2.56. The number of ether oxygens (including phenoxy) is 1. The van der Waals surface area contributed by atoms with Gasteiger partial charge in [0.05, 0.1) is 31.1 Å². The van der Waals surface area contributed by atoms with Crippen molar-refractivity contribution < 1.29 is 19.1 Å². The molecule has 41 heavy (non-hydrogen) atoms. The molecule has 0 saturated heterocycles. The summed E-state index contributed by atoms with van der Waals surface area (Å²) >= 11 is 0. The lowest BCUT2D eigenvalue weighted by atomic mass is 10.00. The quantitative estimate of drug-likeness (QED) is 0.394. The number of hydrogen-bond donors (Lipinski definition) is 1. The maximum atomic E-state index is 13.5. The Morgan fingerprint density at radius 3 is 2.59 bits per heavy atom. The smallest absolute Gasteiger partial charge is 0.407 e. The van der Waals surface area contributed by atoms with Gasteiger partial charge in [-0.25, -0.2) is 4.79 Å². The fourth-order valence-corrected chi connectivity index (χ4v) is 4.71. The number of nitrogens with one attached hydrogen (secondary N) is 1. The first-order valence-corrected chi connectivity index (χ1v) is 13.9. The Hall–Kier alpha value is -4.08. The van der Waals surface area contributed by atoms with Crippen LogP contribution in [0.2, 0.25) is 0 Å². The van der Waals surface area contributed by atoms with E-state index in [1.165, 1.54) is 18.1 Å². The first-order chi connectivity index (χ1) is 19.4. The van der Waals surface area contributed by atoms with Gasteiger partial charge in [-0.05, 0) is 62.3 Å². The molecule has 1 aliphatic heterocycles. The van der Waals surface area contributed by atoms with Gasteiger partial charge in [0.2, 0.25) is 5.91 Å². The van der Waals surface area contributed by atoms with E-state index in [9.17, 15) is 19.2 Å². The fourth-order valence-electron chi connectivity index (χ4n) is 4.71. The predicted molar refractivity (Wildman–Crippen MR) is 159 cm³/mol. The third-order valence-corrected chi connectivity index (χ3v) is 7.07. The first-order valence-electron chi connectivity index (χ1n) is 13.9. The molecule has 0 spiro atoms. The Morgan fingerprint density at radius 1 is 1.20 bits per heavy atom. The zero-order valence-corrected chi connectivity index (χ0v) is 25.1. The van der Waals surface area contributed by atoms with E-state index in [4.69, 9.17) is 4.99 Å². The number of hydrogen-bond acceptors (Lipinski definition) is 7. The van der Waals surface area contributed by atoms with Crippen LogP contribution in [0.5, 0.6) is 0 Å². The average molecular weight is 564 g/mol. The SMILES string of the molecule is COC(=O)N[C@@H](CC/C=C/C(=O)N(C)C)C(=O)Cc1ccc(C)n(CC2=Nc3c(CC(C)C)ncc(C)c3C2)c1=O. The normalized spacial score (nSPS) is 13.2. The molecule has 2 aromatic heterocycles. The molecule has 220 valence electrons. The number of pyridine rings is 2. The van der Waals surface area contributed by atoms with Crippen LogP contribution in [0.25, 0.3) is 0 Å². The van der Waals surface area contributed by atoms with E-state index < -0.39 is 12.1 Å². The summed E-state index contributed by atoms with van der Waals surface area (Å²) in [6.07, 6.45) is 6.21. The number of alkyl carbamates (subject to hydrolysis) is 1. The Morgan fingerprint density at radius 2 is 1.93 bits per heavy atom. The number of aliphatic imine (C=N–C) groups is 1. The number of ketones is 1. The van der Waals surface area contributed by atoms with Crippen LogP contribution >= 0.6 is 0 Å². The molecule has 0 saturated carbocycles. The fraction of sp³-hybridized carbons (Fsp3) is 0.484. The molecule has 0 bridgehead atoms. The number of Topliss-reactive ketones (excluding diaryl/α,β-unsaturated/α-hetero) is 1. The number of allylic oxidation sites excluding steroid dienone is 1. The molecule has 3 rings (SSSR count). The third-order valence-electron chi connectivity index (χ3n) is 7.07. The number of amides is 2. The Kier molecular flexibility index (Phi) is 10.7. The van der Waals surface area contributed by atoms with Crippen molar-refractivity contribution in [2.45, 2.75) is 72.4 Å². The molecule has 2 amide bonds. The lowest BCUT2D eigenvalue weighted by molar-refractivity contribution is -0.123. The largest absolute Gasteiger partial charge is 0.453 e. The summed E-state index contributed by atoms with van der Waals surface area (Å²) in [7, 11) is 4.51. The van der Waals surface area contributed by atoms with Gasteiger partial charge in [0.25, 0.3) is 5.56 Å². The molecule has 0 unspecified atom stereocenters. The van der Waals surface area contributed by atoms with Crippen molar-refractivity contribution in [1.29, 1.82) is 0 Å². The summed E-state index contributed by atoms with van der Waals surface area (Å²) in [6.45, 7) is 8.50. The minimum absolute atomic E-state index is 0.150. The molecular formula is C31H41N5O5. The summed E-state index contributed by atoms with van der Waals surface area (Å²) in [5.41, 5.74) is 5.85. The monoisotopic (exact) mass is 563 g/mol. The average Bonchev–Trinajstić information content (AvgIpc) is 3.36. The number of aromatic nitrogens is 2. The number of rotatable bonds is 12. The van der Waals surface area contributed by atoms with E-state index in [0.29, 0.717) is 30.9 Å². The highest BCUT2D eigenvalue weighted by Gasteiger charge is 2.24. The van der Waals surface area contributed by atoms with E-state index in [2.05, 4.69) is 28.9 Å². The lowest BCUT2D eigenvalue weighted by Crippen LogP contribution is -2.42. The molecule has 10 heteroatoms. The first kappa shape index (κ1) is 31.4. The second-order valence-electron chi connectivity index (χ2n) is 11.1. The number of likely N-dealkylation sites (N-methyl/N-ethyl adjacent to an activating group) is 1. The van der Waals surface area contributed by atoms with Crippen LogP contribution in [-0.4, -0.2) is 65.2 Å². The topological polar surface area (TPSA) is 123 Å². The maximum absolute atomic E-state index is 13.5. The van der Waals surface area contributed by atoms with Crippen LogP contribution in [0.1, 0.15) is 54.8 Å². The van der Waals surface area contributed by atoms with E-state index in [0.717, 1.165) is 40.3 Å². The number of aryl methyl sites for hydroxylation is 2. The molecule has 1 N–H and O–H groups in total. The lowest BCUT2D eigenvalue weighted by Gasteiger charge is -2.17. The molecule has 10 nitrogen and oxygen atoms in total. The summed E-state index contributed by atoms with van der Waals surface area (Å²) in [5.74, 6) is -0.0471. The minimum Gasteiger partial charge on any atom is -0.453 e. The van der Waals surface area contributed by atoms with Crippen LogP contribution in [0, 0.1) is 19.8 Å². The summed E-state index contributed by atoms with van der Waals surface area (Å²) < 4.78 is 6.34. The molecule has 0 aromatic carbocycles. The molecule has 1 atom stereocenters. The molecule has 0 aliphatic carbocycles. The molecule has 0 fully saturated rings. The van der Waals surface area contributed by atoms with Crippen molar-refractivity contribution in [2.75, 3.05) is 21.2 Å². The van der Waals surface area contributed by atoms with Gasteiger partial charge >= 0.3 is 6.09 Å². The van der Waals surface area contributed by atoms with E-state index in [1.54, 1.807) is 30.8 Å². The minimum atomic E-state index is -0.876. The number of methoxy groups -OCH3 is 1. The Bertz CT molecular complexity index is 1420. The number of carbonyl (C=O) groups is 3. The number of fused-ring (bicyclic) bond motifs is 1. The second kappa shape index (κ2) is 14.0. The van der Waals surface area contributed by atoms with Crippen molar-refractivity contribution >= 4 is 29.2 Å². The predicted octanol–water partition coefficient (Wildman–Crippen LogP) is 3.65. The van der Waals surface area contributed by atoms with Crippen molar-refractivity contribution in [3.05, 3.63) is 68.9 Å². The highest BCUT2D eigenvalue weighted by Crippen LogP contribution is 2.33. The van der Waals surface area contributed by atoms with Gasteiger partial charge in [0.15, 0.2) is 5.78 Å². The summed E-state index contributed by atoms with van der Waals surface area (Å²) in [6, 6.07) is 2.61. The van der Waals surface area contributed by atoms with Gasteiger partial charge in [0, 0.05) is 50.1 Å². The standard InChI is InChI=1S/C31H41N5O5/c1-19(2)14-26-29-24(20(3)17-32-26)16-23(33-29)18-36-21(4)12-13-22(30(36)39)15-27(37)25(34-31(40)41-7)10-8-9-11-28(38)35(5)6/h9,11-13,17,19,25H,8,10,14-16,18H2,1-7H3,(H,34,40)/b11-9+/t25-/m0/s1. The molecule has 0 radical (unpaired) electrons. The Labute approximate surface area is 241 Å². The van der Waals surface area contributed by atoms with E-state index in [-0.39, 0.29) is 30.1 Å². The van der Waals surface area contributed by atoms with Gasteiger partial charge in [0.1, 0.15) is 0 Å². The van der Waals surface area contributed by atoms with E-state index in [1.807, 2.05) is 26.1 Å². The van der Waals surface area contributed by atoms with Gasteiger partial charge in [-0.15, -0.1) is 0 Å². The molecule has 3 heterocycles. The Balaban J connectivity index is 1.79. The second-order valence-corrected chi connectivity index (χ2v) is 11.1. The zero-order valence-electron chi connectivity index (χ0n) is 25.1. The van der Waals surface area contributed by atoms with E-state index >= 15 is 0 Å². The van der Waals surface area contributed by atoms with Crippen molar-refractivity contribution in [1.82, 2.24) is 19.8 Å². The molecule has 1 aliphatic rings. The number of nitrogens with zero attached hydrogens (tertiary/aromatic N) is 4. The van der Waals surface area contributed by atoms with Gasteiger partial charge in [-0.3, -0.25) is 24.4 Å². The highest BCUT2D eigenvalue weighted by molar-refractivity contribution is 5.95. The van der Waals surface area contributed by atoms with Gasteiger partial charge in [-0.1, -0.05) is 26.0 Å². The van der Waals surface area contributed by atoms with Crippen LogP contribution in [0.4, 0.5) is 10.5 Å². The van der Waals surface area contributed by atoms with Gasteiger partial charge in [-0.2, -0.15) is 0 Å². The van der Waals surface area contributed by atoms with Crippen LogP contribution in [0.3, 0.4) is 0 Å². The number of carbonyl (C=O) groups excluding carboxylic acids is 3.